The van der Waals surface area contributed by atoms with Crippen LogP contribution in [0.3, 0.4) is 0 Å². The maximum absolute atomic E-state index is 5.12. The molecule has 0 aliphatic carbocycles. The van der Waals surface area contributed by atoms with Crippen molar-refractivity contribution in [2.24, 2.45) is 16.3 Å². The average molecular weight is 294 g/mol. The number of hydrogen-bond acceptors (Lipinski definition) is 1. The molecule has 0 fully saturated rings. The van der Waals surface area contributed by atoms with E-state index in [0.717, 1.165) is 5.92 Å². The molecule has 1 nitrogen and oxygen atoms in total. The highest BCUT2D eigenvalue weighted by molar-refractivity contribution is 5.65. The fourth-order valence-electron chi connectivity index (χ4n) is 3.84. The zero-order chi connectivity index (χ0) is 15.6. The van der Waals surface area contributed by atoms with Crippen molar-refractivity contribution in [1.82, 2.24) is 0 Å². The van der Waals surface area contributed by atoms with Crippen LogP contribution >= 0.6 is 0 Å². The first-order valence-corrected chi connectivity index (χ1v) is 9.65. The summed E-state index contributed by atoms with van der Waals surface area (Å²) in [6, 6.07) is 0.570. The molecule has 1 rings (SSSR count). The van der Waals surface area contributed by atoms with Crippen LogP contribution in [0.4, 0.5) is 0 Å². The first-order chi connectivity index (χ1) is 10.1. The zero-order valence-corrected chi connectivity index (χ0v) is 15.2. The summed E-state index contributed by atoms with van der Waals surface area (Å²) >= 11 is 0. The van der Waals surface area contributed by atoms with Crippen molar-refractivity contribution in [2.75, 3.05) is 0 Å². The van der Waals surface area contributed by atoms with Crippen LogP contribution in [0.5, 0.6) is 0 Å². The van der Waals surface area contributed by atoms with Crippen LogP contribution in [0.2, 0.25) is 0 Å². The van der Waals surface area contributed by atoms with E-state index in [1.165, 1.54) is 77.0 Å². The Labute approximate surface area is 134 Å². The minimum Gasteiger partial charge on any atom is -0.293 e. The van der Waals surface area contributed by atoms with E-state index in [-0.39, 0.29) is 0 Å². The standard InChI is InChI=1S/C20H39N/c1-5-13-18(3)19-14-11-9-7-8-10-12-16-20(4,15-6-2)17-21-19/h17-19H,5-16H2,1-4H3/b21-17+. The highest BCUT2D eigenvalue weighted by atomic mass is 14.8. The fourth-order valence-corrected chi connectivity index (χ4v) is 3.84. The second kappa shape index (κ2) is 10.4. The number of nitrogens with zero attached hydrogens (tertiary/aromatic N) is 1. The summed E-state index contributed by atoms with van der Waals surface area (Å²) in [5.74, 6) is 0.750. The number of rotatable bonds is 5. The molecule has 21 heavy (non-hydrogen) atoms. The van der Waals surface area contributed by atoms with Crippen molar-refractivity contribution < 1.29 is 0 Å². The van der Waals surface area contributed by atoms with Gasteiger partial charge in [-0.15, -0.1) is 0 Å². The molecule has 0 spiro atoms. The van der Waals surface area contributed by atoms with E-state index >= 15 is 0 Å². The Balaban J connectivity index is 2.77. The SMILES string of the molecule is CCCC(C)C1CCCCCCCCC(C)(CCC)/C=N/1. The summed E-state index contributed by atoms with van der Waals surface area (Å²) in [4.78, 5) is 5.12. The lowest BCUT2D eigenvalue weighted by Crippen LogP contribution is -2.22. The molecule has 0 bridgehead atoms. The van der Waals surface area contributed by atoms with Crippen molar-refractivity contribution >= 4 is 6.21 Å². The third-order valence-corrected chi connectivity index (χ3v) is 5.30. The monoisotopic (exact) mass is 293 g/mol. The molecular formula is C20H39N. The molecule has 1 heteroatoms. The molecule has 0 saturated heterocycles. The Morgan fingerprint density at radius 1 is 1.05 bits per heavy atom. The van der Waals surface area contributed by atoms with Crippen molar-refractivity contribution in [2.45, 2.75) is 111 Å². The molecule has 124 valence electrons. The minimum absolute atomic E-state index is 0.345. The molecule has 0 aromatic heterocycles. The van der Waals surface area contributed by atoms with E-state index < -0.39 is 0 Å². The molecule has 0 radical (unpaired) electrons. The predicted octanol–water partition coefficient (Wildman–Crippen LogP) is 6.80. The lowest BCUT2D eigenvalue weighted by molar-refractivity contribution is 0.355. The van der Waals surface area contributed by atoms with Crippen LogP contribution in [-0.4, -0.2) is 12.3 Å². The van der Waals surface area contributed by atoms with Gasteiger partial charge in [0.2, 0.25) is 0 Å². The maximum Gasteiger partial charge on any atom is 0.0521 e. The summed E-state index contributed by atoms with van der Waals surface area (Å²) in [5, 5.41) is 0. The van der Waals surface area contributed by atoms with E-state index in [4.69, 9.17) is 4.99 Å². The summed E-state index contributed by atoms with van der Waals surface area (Å²) in [6.45, 7) is 9.46. The van der Waals surface area contributed by atoms with Crippen LogP contribution in [-0.2, 0) is 0 Å². The van der Waals surface area contributed by atoms with Gasteiger partial charge in [0, 0.05) is 11.6 Å². The molecule has 1 aliphatic heterocycles. The Morgan fingerprint density at radius 2 is 1.71 bits per heavy atom. The van der Waals surface area contributed by atoms with Gasteiger partial charge in [-0.05, 0) is 31.6 Å². The van der Waals surface area contributed by atoms with Gasteiger partial charge in [-0.25, -0.2) is 0 Å². The van der Waals surface area contributed by atoms with Gasteiger partial charge < -0.3 is 0 Å². The lowest BCUT2D eigenvalue weighted by atomic mass is 9.81. The van der Waals surface area contributed by atoms with Crippen LogP contribution in [0.15, 0.2) is 4.99 Å². The van der Waals surface area contributed by atoms with E-state index in [0.29, 0.717) is 11.5 Å². The van der Waals surface area contributed by atoms with Crippen molar-refractivity contribution in [3.63, 3.8) is 0 Å². The zero-order valence-electron chi connectivity index (χ0n) is 15.2. The second-order valence-electron chi connectivity index (χ2n) is 7.68. The normalized spacial score (nSPS) is 31.9. The predicted molar refractivity (Wildman–Crippen MR) is 96.3 cm³/mol. The van der Waals surface area contributed by atoms with Crippen molar-refractivity contribution in [3.05, 3.63) is 0 Å². The van der Waals surface area contributed by atoms with E-state index in [9.17, 15) is 0 Å². The molecule has 1 heterocycles. The summed E-state index contributed by atoms with van der Waals surface area (Å²) in [6.07, 6.45) is 18.7. The Morgan fingerprint density at radius 3 is 2.38 bits per heavy atom. The molecule has 0 N–H and O–H groups in total. The van der Waals surface area contributed by atoms with Gasteiger partial charge in [-0.1, -0.05) is 79.1 Å². The maximum atomic E-state index is 5.12. The van der Waals surface area contributed by atoms with Gasteiger partial charge in [0.15, 0.2) is 0 Å². The first-order valence-electron chi connectivity index (χ1n) is 9.65. The quantitative estimate of drug-likeness (QED) is 0.528. The van der Waals surface area contributed by atoms with Crippen LogP contribution in [0, 0.1) is 11.3 Å². The van der Waals surface area contributed by atoms with Crippen molar-refractivity contribution in [3.8, 4) is 0 Å². The third kappa shape index (κ3) is 7.47. The molecule has 0 aromatic rings. The molecule has 3 atom stereocenters. The summed E-state index contributed by atoms with van der Waals surface area (Å²) < 4.78 is 0. The molecule has 3 unspecified atom stereocenters. The molecule has 0 aromatic carbocycles. The van der Waals surface area contributed by atoms with E-state index in [2.05, 4.69) is 33.9 Å². The fraction of sp³-hybridized carbons (Fsp3) is 0.950. The smallest absolute Gasteiger partial charge is 0.0521 e. The molecule has 0 saturated carbocycles. The third-order valence-electron chi connectivity index (χ3n) is 5.30. The largest absolute Gasteiger partial charge is 0.293 e. The van der Waals surface area contributed by atoms with Crippen LogP contribution in [0.1, 0.15) is 105 Å². The molecular weight excluding hydrogens is 254 g/mol. The van der Waals surface area contributed by atoms with Crippen molar-refractivity contribution in [1.29, 1.82) is 0 Å². The highest BCUT2D eigenvalue weighted by Crippen LogP contribution is 2.30. The topological polar surface area (TPSA) is 12.4 Å². The summed E-state index contributed by atoms with van der Waals surface area (Å²) in [5.41, 5.74) is 0.345. The van der Waals surface area contributed by atoms with E-state index in [1.807, 2.05) is 0 Å². The van der Waals surface area contributed by atoms with Crippen LogP contribution in [0.25, 0.3) is 0 Å². The van der Waals surface area contributed by atoms with Gasteiger partial charge in [0.1, 0.15) is 0 Å². The lowest BCUT2D eigenvalue weighted by Gasteiger charge is -2.28. The average Bonchev–Trinajstić information content (AvgIpc) is 2.44. The van der Waals surface area contributed by atoms with E-state index in [1.54, 1.807) is 0 Å². The Bertz CT molecular complexity index is 284. The minimum atomic E-state index is 0.345. The molecule has 0 amide bonds. The molecule has 1 aliphatic rings. The van der Waals surface area contributed by atoms with Gasteiger partial charge in [-0.2, -0.15) is 0 Å². The van der Waals surface area contributed by atoms with Crippen LogP contribution < -0.4 is 0 Å². The number of aliphatic imine (C=N–C) groups is 1. The van der Waals surface area contributed by atoms with Gasteiger partial charge in [0.05, 0.1) is 6.04 Å². The van der Waals surface area contributed by atoms with Gasteiger partial charge in [-0.3, -0.25) is 4.99 Å². The summed E-state index contributed by atoms with van der Waals surface area (Å²) in [7, 11) is 0. The highest BCUT2D eigenvalue weighted by Gasteiger charge is 2.22. The first kappa shape index (κ1) is 18.7. The second-order valence-corrected chi connectivity index (χ2v) is 7.68. The van der Waals surface area contributed by atoms with Gasteiger partial charge >= 0.3 is 0 Å². The van der Waals surface area contributed by atoms with Gasteiger partial charge in [0.25, 0.3) is 0 Å². The number of hydrogen-bond donors (Lipinski definition) is 0. The Hall–Kier alpha value is -0.330. The Kier molecular flexibility index (Phi) is 9.27.